The Balaban J connectivity index is 2.33. The molecule has 2 atom stereocenters. The van der Waals surface area contributed by atoms with Crippen LogP contribution >= 0.6 is 11.6 Å². The highest BCUT2D eigenvalue weighted by Gasteiger charge is 2.42. The van der Waals surface area contributed by atoms with Crippen LogP contribution in [0.15, 0.2) is 29.2 Å². The van der Waals surface area contributed by atoms with E-state index in [9.17, 15) is 21.9 Å². The van der Waals surface area contributed by atoms with Crippen molar-refractivity contribution in [3.63, 3.8) is 0 Å². The number of aliphatic hydroxyl groups is 1. The van der Waals surface area contributed by atoms with Gasteiger partial charge in [-0.1, -0.05) is 11.6 Å². The molecule has 1 aromatic rings. The van der Waals surface area contributed by atoms with E-state index in [1.54, 1.807) is 0 Å². The third-order valence-corrected chi connectivity index (χ3v) is 7.10. The molecular weight excluding hydrogens is 326 g/mol. The fourth-order valence-corrected chi connectivity index (χ4v) is 5.56. The van der Waals surface area contributed by atoms with E-state index < -0.39 is 37.8 Å². The van der Waals surface area contributed by atoms with Crippen LogP contribution in [0.2, 0.25) is 5.02 Å². The molecule has 0 unspecified atom stereocenters. The van der Waals surface area contributed by atoms with Crippen LogP contribution in [0.5, 0.6) is 0 Å². The average Bonchev–Trinajstić information content (AvgIpc) is 2.62. The van der Waals surface area contributed by atoms with E-state index in [-0.39, 0.29) is 10.6 Å². The van der Waals surface area contributed by atoms with Crippen molar-refractivity contribution >= 4 is 31.5 Å². The van der Waals surface area contributed by atoms with Crippen LogP contribution in [0.1, 0.15) is 0 Å². The number of hydrogen-bond donors (Lipinski definition) is 1. The van der Waals surface area contributed by atoms with Crippen molar-refractivity contribution in [2.75, 3.05) is 18.6 Å². The maximum Gasteiger partial charge on any atom is 0.243 e. The van der Waals surface area contributed by atoms with Gasteiger partial charge < -0.3 is 5.11 Å². The molecule has 0 aliphatic carbocycles. The highest BCUT2D eigenvalue weighted by atomic mass is 35.5. The summed E-state index contributed by atoms with van der Waals surface area (Å²) in [4.78, 5) is 0.000831. The van der Waals surface area contributed by atoms with Crippen LogP contribution < -0.4 is 0 Å². The van der Waals surface area contributed by atoms with Gasteiger partial charge in [0.25, 0.3) is 0 Å². The fraction of sp³-hybridized carbons (Fsp3) is 0.455. The lowest BCUT2D eigenvalue weighted by Gasteiger charge is -2.25. The van der Waals surface area contributed by atoms with Gasteiger partial charge in [-0.25, -0.2) is 16.8 Å². The Morgan fingerprint density at radius 3 is 2.25 bits per heavy atom. The zero-order valence-corrected chi connectivity index (χ0v) is 13.0. The van der Waals surface area contributed by atoms with E-state index in [2.05, 4.69) is 0 Å². The molecule has 0 amide bonds. The Bertz CT molecular complexity index is 699. The highest BCUT2D eigenvalue weighted by Crippen LogP contribution is 2.24. The number of likely N-dealkylation sites (N-methyl/N-ethyl adjacent to an activating group) is 1. The van der Waals surface area contributed by atoms with Crippen LogP contribution in [-0.4, -0.2) is 56.9 Å². The number of sulfone groups is 1. The van der Waals surface area contributed by atoms with Gasteiger partial charge in [0, 0.05) is 12.1 Å². The molecular formula is C11H14ClNO5S2. The van der Waals surface area contributed by atoms with Crippen LogP contribution in [0.3, 0.4) is 0 Å². The number of sulfonamides is 1. The maximum atomic E-state index is 12.4. The predicted molar refractivity (Wildman–Crippen MR) is 74.8 cm³/mol. The normalized spacial score (nSPS) is 26.0. The fourth-order valence-electron chi connectivity index (χ4n) is 2.11. The van der Waals surface area contributed by atoms with Crippen molar-refractivity contribution in [3.8, 4) is 0 Å². The maximum absolute atomic E-state index is 12.4. The third kappa shape index (κ3) is 2.99. The number of rotatable bonds is 3. The molecule has 1 heterocycles. The molecule has 1 aliphatic rings. The minimum Gasteiger partial charge on any atom is -0.390 e. The summed E-state index contributed by atoms with van der Waals surface area (Å²) in [5, 5.41) is 10.1. The first-order valence-corrected chi connectivity index (χ1v) is 9.39. The lowest BCUT2D eigenvalue weighted by atomic mass is 10.2. The average molecular weight is 340 g/mol. The molecule has 1 saturated heterocycles. The highest BCUT2D eigenvalue weighted by molar-refractivity contribution is 7.92. The summed E-state index contributed by atoms with van der Waals surface area (Å²) in [6.45, 7) is 0. The van der Waals surface area contributed by atoms with E-state index in [0.29, 0.717) is 5.02 Å². The zero-order chi connectivity index (χ0) is 15.1. The number of halogens is 1. The first-order valence-electron chi connectivity index (χ1n) is 5.75. The molecule has 2 rings (SSSR count). The minimum atomic E-state index is -3.87. The second kappa shape index (κ2) is 5.27. The second-order valence-corrected chi connectivity index (χ2v) is 9.27. The molecule has 0 radical (unpaired) electrons. The minimum absolute atomic E-state index is 0.000831. The molecule has 1 aromatic carbocycles. The lowest BCUT2D eigenvalue weighted by Crippen LogP contribution is -2.44. The van der Waals surface area contributed by atoms with Gasteiger partial charge in [0.15, 0.2) is 9.84 Å². The van der Waals surface area contributed by atoms with Gasteiger partial charge in [0.05, 0.1) is 28.5 Å². The monoisotopic (exact) mass is 339 g/mol. The predicted octanol–water partition coefficient (Wildman–Crippen LogP) is 0.118. The quantitative estimate of drug-likeness (QED) is 0.844. The third-order valence-electron chi connectivity index (χ3n) is 3.25. The number of aliphatic hydroxyl groups excluding tert-OH is 1. The van der Waals surface area contributed by atoms with Crippen LogP contribution in [0.25, 0.3) is 0 Å². The van der Waals surface area contributed by atoms with Crippen molar-refractivity contribution in [2.24, 2.45) is 0 Å². The van der Waals surface area contributed by atoms with E-state index in [4.69, 9.17) is 11.6 Å². The molecule has 0 bridgehead atoms. The van der Waals surface area contributed by atoms with Gasteiger partial charge in [-0.15, -0.1) is 0 Å². The van der Waals surface area contributed by atoms with Crippen molar-refractivity contribution in [1.29, 1.82) is 0 Å². The topological polar surface area (TPSA) is 91.8 Å². The number of hydrogen-bond acceptors (Lipinski definition) is 5. The Hall–Kier alpha value is -0.670. The van der Waals surface area contributed by atoms with Gasteiger partial charge >= 0.3 is 0 Å². The van der Waals surface area contributed by atoms with Crippen molar-refractivity contribution < 1.29 is 21.9 Å². The largest absolute Gasteiger partial charge is 0.390 e. The van der Waals surface area contributed by atoms with Crippen LogP contribution in [0, 0.1) is 0 Å². The van der Waals surface area contributed by atoms with Gasteiger partial charge in [0.2, 0.25) is 10.0 Å². The standard InChI is InChI=1S/C11H14ClNO5S2/c1-13(10-6-19(15,16)7-11(10)14)20(17,18)9-4-2-8(12)3-5-9/h2-5,10-11,14H,6-7H2,1H3/t10-,11-/m1/s1. The summed E-state index contributed by atoms with van der Waals surface area (Å²) < 4.78 is 48.6. The molecule has 1 N–H and O–H groups in total. The zero-order valence-electron chi connectivity index (χ0n) is 10.6. The van der Waals surface area contributed by atoms with Crippen molar-refractivity contribution in [1.82, 2.24) is 4.31 Å². The van der Waals surface area contributed by atoms with E-state index in [1.165, 1.54) is 31.3 Å². The summed E-state index contributed by atoms with van der Waals surface area (Å²) in [7, 11) is -6.03. The second-order valence-electron chi connectivity index (χ2n) is 4.69. The molecule has 1 fully saturated rings. The number of benzene rings is 1. The SMILES string of the molecule is CN([C@@H]1CS(=O)(=O)C[C@H]1O)S(=O)(=O)c1ccc(Cl)cc1. The molecule has 6 nitrogen and oxygen atoms in total. The van der Waals surface area contributed by atoms with E-state index in [0.717, 1.165) is 4.31 Å². The lowest BCUT2D eigenvalue weighted by molar-refractivity contribution is 0.137. The van der Waals surface area contributed by atoms with E-state index in [1.807, 2.05) is 0 Å². The molecule has 0 aromatic heterocycles. The molecule has 9 heteroatoms. The summed E-state index contributed by atoms with van der Waals surface area (Å²) in [6.07, 6.45) is -1.22. The summed E-state index contributed by atoms with van der Waals surface area (Å²) >= 11 is 5.70. The molecule has 0 spiro atoms. The Kier molecular flexibility index (Phi) is 4.14. The first-order chi connectivity index (χ1) is 9.13. The molecule has 1 aliphatic heterocycles. The molecule has 112 valence electrons. The van der Waals surface area contributed by atoms with E-state index >= 15 is 0 Å². The molecule has 20 heavy (non-hydrogen) atoms. The van der Waals surface area contributed by atoms with Gasteiger partial charge in [-0.2, -0.15) is 4.31 Å². The summed E-state index contributed by atoms with van der Waals surface area (Å²) in [5.41, 5.74) is 0. The van der Waals surface area contributed by atoms with Crippen LogP contribution in [0.4, 0.5) is 0 Å². The van der Waals surface area contributed by atoms with Gasteiger partial charge in [-0.3, -0.25) is 0 Å². The molecule has 0 saturated carbocycles. The van der Waals surface area contributed by atoms with Crippen molar-refractivity contribution in [3.05, 3.63) is 29.3 Å². The Morgan fingerprint density at radius 1 is 1.25 bits per heavy atom. The van der Waals surface area contributed by atoms with Crippen LogP contribution in [-0.2, 0) is 19.9 Å². The smallest absolute Gasteiger partial charge is 0.243 e. The van der Waals surface area contributed by atoms with Gasteiger partial charge in [-0.05, 0) is 24.3 Å². The first kappa shape index (κ1) is 15.7. The summed E-state index contributed by atoms with van der Waals surface area (Å²) in [5.74, 6) is -0.796. The number of nitrogens with zero attached hydrogens (tertiary/aromatic N) is 1. The Morgan fingerprint density at radius 2 is 1.80 bits per heavy atom. The van der Waals surface area contributed by atoms with Crippen molar-refractivity contribution in [2.45, 2.75) is 17.0 Å². The summed E-state index contributed by atoms with van der Waals surface area (Å²) in [6, 6.07) is 4.57. The van der Waals surface area contributed by atoms with Gasteiger partial charge in [0.1, 0.15) is 0 Å². The Labute approximate surface area is 122 Å².